The van der Waals surface area contributed by atoms with E-state index in [4.69, 9.17) is 5.10 Å². The van der Waals surface area contributed by atoms with Gasteiger partial charge in [-0.05, 0) is 67.0 Å². The maximum absolute atomic E-state index is 13.3. The number of halogens is 1. The van der Waals surface area contributed by atoms with Gasteiger partial charge in [-0.25, -0.2) is 9.07 Å². The van der Waals surface area contributed by atoms with Crippen LogP contribution in [0.2, 0.25) is 0 Å². The summed E-state index contributed by atoms with van der Waals surface area (Å²) in [6, 6.07) is 10.8. The molecule has 3 heterocycles. The number of hydrogen-bond donors (Lipinski definition) is 0. The summed E-state index contributed by atoms with van der Waals surface area (Å²) in [5.41, 5.74) is 4.61. The highest BCUT2D eigenvalue weighted by atomic mass is 32.2. The van der Waals surface area contributed by atoms with E-state index in [1.54, 1.807) is 41.6 Å². The lowest BCUT2D eigenvalue weighted by Gasteiger charge is -2.06. The van der Waals surface area contributed by atoms with Gasteiger partial charge in [0.1, 0.15) is 12.1 Å². The molecule has 1 aromatic carbocycles. The van der Waals surface area contributed by atoms with Gasteiger partial charge < -0.3 is 4.57 Å². The molecule has 1 aliphatic carbocycles. The van der Waals surface area contributed by atoms with Crippen molar-refractivity contribution in [1.29, 1.82) is 0 Å². The molecule has 3 aromatic heterocycles. The van der Waals surface area contributed by atoms with E-state index >= 15 is 0 Å². The number of aromatic nitrogens is 5. The SMILES string of the molecule is Fc1ccc(-n2nc(CSc3nncn3CCc3cccs3)c3c2CCC3)cc1. The third kappa shape index (κ3) is 3.86. The monoisotopic (exact) mass is 425 g/mol. The molecule has 8 heteroatoms. The Hall–Kier alpha value is -2.45. The summed E-state index contributed by atoms with van der Waals surface area (Å²) in [4.78, 5) is 1.37. The van der Waals surface area contributed by atoms with E-state index in [-0.39, 0.29) is 5.82 Å². The predicted octanol–water partition coefficient (Wildman–Crippen LogP) is 4.69. The predicted molar refractivity (Wildman–Crippen MR) is 113 cm³/mol. The van der Waals surface area contributed by atoms with Crippen molar-refractivity contribution in [2.75, 3.05) is 0 Å². The Labute approximate surface area is 176 Å². The number of rotatable bonds is 7. The van der Waals surface area contributed by atoms with Crippen LogP contribution in [-0.4, -0.2) is 24.5 Å². The number of nitrogens with zero attached hydrogens (tertiary/aromatic N) is 5. The number of fused-ring (bicyclic) bond motifs is 1. The molecule has 0 saturated carbocycles. The molecular weight excluding hydrogens is 405 g/mol. The summed E-state index contributed by atoms with van der Waals surface area (Å²) in [5.74, 6) is 0.532. The van der Waals surface area contributed by atoms with Crippen LogP contribution in [0.15, 0.2) is 53.3 Å². The largest absolute Gasteiger partial charge is 0.308 e. The molecule has 148 valence electrons. The van der Waals surface area contributed by atoms with Gasteiger partial charge in [-0.3, -0.25) is 0 Å². The molecule has 0 amide bonds. The summed E-state index contributed by atoms with van der Waals surface area (Å²) in [5, 5.41) is 16.3. The number of benzene rings is 1. The van der Waals surface area contributed by atoms with Crippen molar-refractivity contribution in [1.82, 2.24) is 24.5 Å². The van der Waals surface area contributed by atoms with E-state index in [2.05, 4.69) is 32.3 Å². The molecule has 0 atom stereocenters. The van der Waals surface area contributed by atoms with Gasteiger partial charge in [-0.15, -0.1) is 21.5 Å². The molecule has 0 saturated heterocycles. The first kappa shape index (κ1) is 18.6. The zero-order chi connectivity index (χ0) is 19.6. The van der Waals surface area contributed by atoms with Crippen molar-refractivity contribution in [2.45, 2.75) is 43.1 Å². The molecule has 0 unspecified atom stereocenters. The van der Waals surface area contributed by atoms with Crippen molar-refractivity contribution in [2.24, 2.45) is 0 Å². The Balaban J connectivity index is 1.32. The minimum atomic E-state index is -0.227. The summed E-state index contributed by atoms with van der Waals surface area (Å²) in [6.07, 6.45) is 6.00. The first-order chi connectivity index (χ1) is 14.3. The third-order valence-corrected chi connectivity index (χ3v) is 7.11. The lowest BCUT2D eigenvalue weighted by atomic mass is 10.2. The van der Waals surface area contributed by atoms with Crippen LogP contribution in [0.1, 0.15) is 28.2 Å². The molecular formula is C21H20FN5S2. The molecule has 4 aromatic rings. The van der Waals surface area contributed by atoms with E-state index in [1.165, 1.54) is 28.3 Å². The van der Waals surface area contributed by atoms with Crippen LogP contribution in [0, 0.1) is 5.82 Å². The highest BCUT2D eigenvalue weighted by molar-refractivity contribution is 7.98. The van der Waals surface area contributed by atoms with Crippen molar-refractivity contribution in [3.8, 4) is 5.69 Å². The summed E-state index contributed by atoms with van der Waals surface area (Å²) >= 11 is 3.46. The van der Waals surface area contributed by atoms with Crippen molar-refractivity contribution in [3.05, 3.63) is 75.8 Å². The van der Waals surface area contributed by atoms with Gasteiger partial charge in [-0.1, -0.05) is 17.8 Å². The molecule has 0 aliphatic heterocycles. The zero-order valence-corrected chi connectivity index (χ0v) is 17.4. The molecule has 5 nitrogen and oxygen atoms in total. The number of thioether (sulfide) groups is 1. The Morgan fingerprint density at radius 1 is 1.14 bits per heavy atom. The maximum atomic E-state index is 13.3. The van der Waals surface area contributed by atoms with Crippen LogP contribution in [0.5, 0.6) is 0 Å². The van der Waals surface area contributed by atoms with Crippen LogP contribution in [-0.2, 0) is 31.6 Å². The van der Waals surface area contributed by atoms with E-state index in [1.807, 2.05) is 4.68 Å². The molecule has 5 rings (SSSR count). The highest BCUT2D eigenvalue weighted by Crippen LogP contribution is 2.31. The summed E-state index contributed by atoms with van der Waals surface area (Å²) in [6.45, 7) is 0.873. The molecule has 0 spiro atoms. The topological polar surface area (TPSA) is 48.5 Å². The number of aryl methyl sites for hydroxylation is 2. The first-order valence-corrected chi connectivity index (χ1v) is 11.5. The smallest absolute Gasteiger partial charge is 0.191 e. The van der Waals surface area contributed by atoms with Crippen molar-refractivity contribution < 1.29 is 4.39 Å². The molecule has 0 fully saturated rings. The molecule has 0 radical (unpaired) electrons. The number of hydrogen-bond acceptors (Lipinski definition) is 5. The lowest BCUT2D eigenvalue weighted by molar-refractivity contribution is 0.626. The Morgan fingerprint density at radius 2 is 2.03 bits per heavy atom. The van der Waals surface area contributed by atoms with Crippen molar-refractivity contribution >= 4 is 23.1 Å². The van der Waals surface area contributed by atoms with Gasteiger partial charge in [0.25, 0.3) is 0 Å². The van der Waals surface area contributed by atoms with E-state index in [0.717, 1.165) is 54.5 Å². The zero-order valence-electron chi connectivity index (χ0n) is 15.8. The fourth-order valence-corrected chi connectivity index (χ4v) is 5.36. The second-order valence-electron chi connectivity index (χ2n) is 7.04. The average Bonchev–Trinajstić information content (AvgIpc) is 3.50. The third-order valence-electron chi connectivity index (χ3n) is 5.18. The molecule has 0 N–H and O–H groups in total. The van der Waals surface area contributed by atoms with Gasteiger partial charge in [0.15, 0.2) is 5.16 Å². The fourth-order valence-electron chi connectivity index (χ4n) is 3.75. The fraction of sp³-hybridized carbons (Fsp3) is 0.286. The van der Waals surface area contributed by atoms with Crippen LogP contribution < -0.4 is 0 Å². The minimum Gasteiger partial charge on any atom is -0.308 e. The van der Waals surface area contributed by atoms with Crippen LogP contribution in [0.3, 0.4) is 0 Å². The average molecular weight is 426 g/mol. The normalized spacial score (nSPS) is 13.1. The Bertz CT molecular complexity index is 1100. The second kappa shape index (κ2) is 8.12. The first-order valence-electron chi connectivity index (χ1n) is 9.66. The van der Waals surface area contributed by atoms with Crippen LogP contribution in [0.4, 0.5) is 4.39 Å². The van der Waals surface area contributed by atoms with E-state index in [0.29, 0.717) is 0 Å². The quantitative estimate of drug-likeness (QED) is 0.403. The second-order valence-corrected chi connectivity index (χ2v) is 9.01. The van der Waals surface area contributed by atoms with Gasteiger partial charge in [0.2, 0.25) is 0 Å². The maximum Gasteiger partial charge on any atom is 0.191 e. The van der Waals surface area contributed by atoms with Crippen molar-refractivity contribution in [3.63, 3.8) is 0 Å². The van der Waals surface area contributed by atoms with E-state index in [9.17, 15) is 4.39 Å². The molecule has 29 heavy (non-hydrogen) atoms. The molecule has 0 bridgehead atoms. The Morgan fingerprint density at radius 3 is 2.86 bits per heavy atom. The molecule has 1 aliphatic rings. The summed E-state index contributed by atoms with van der Waals surface area (Å²) < 4.78 is 17.4. The summed E-state index contributed by atoms with van der Waals surface area (Å²) in [7, 11) is 0. The van der Waals surface area contributed by atoms with Crippen LogP contribution >= 0.6 is 23.1 Å². The lowest BCUT2D eigenvalue weighted by Crippen LogP contribution is -2.02. The van der Waals surface area contributed by atoms with Gasteiger partial charge >= 0.3 is 0 Å². The van der Waals surface area contributed by atoms with Gasteiger partial charge in [0.05, 0.1) is 11.4 Å². The van der Waals surface area contributed by atoms with Crippen LogP contribution in [0.25, 0.3) is 5.69 Å². The highest BCUT2D eigenvalue weighted by Gasteiger charge is 2.23. The number of thiophene rings is 1. The standard InChI is InChI=1S/C21H20FN5S2/c22-15-6-8-16(9-7-15)27-20-5-1-4-18(20)19(25-27)13-29-21-24-23-14-26(21)11-10-17-3-2-12-28-17/h2-3,6-9,12,14H,1,4-5,10-11,13H2. The Kier molecular flexibility index (Phi) is 5.20. The van der Waals surface area contributed by atoms with E-state index < -0.39 is 0 Å². The minimum absolute atomic E-state index is 0.227. The van der Waals surface area contributed by atoms with Gasteiger partial charge in [-0.2, -0.15) is 5.10 Å². The van der Waals surface area contributed by atoms with Gasteiger partial charge in [0, 0.05) is 22.9 Å².